The molecule has 0 aromatic rings. The van der Waals surface area contributed by atoms with E-state index < -0.39 is 30.7 Å². The lowest BCUT2D eigenvalue weighted by Gasteiger charge is -2.37. The summed E-state index contributed by atoms with van der Waals surface area (Å²) in [5.41, 5.74) is 0. The molecule has 1 saturated heterocycles. The van der Waals surface area contributed by atoms with Crippen LogP contribution in [-0.4, -0.2) is 51.1 Å². The van der Waals surface area contributed by atoms with Crippen molar-refractivity contribution >= 4 is 0 Å². The van der Waals surface area contributed by atoms with Crippen molar-refractivity contribution in [3.63, 3.8) is 0 Å². The first-order valence-corrected chi connectivity index (χ1v) is 3.95. The van der Waals surface area contributed by atoms with E-state index in [1.807, 2.05) is 0 Å². The van der Waals surface area contributed by atoms with E-state index in [1.165, 1.54) is 0 Å². The molecule has 1 fully saturated rings. The van der Waals surface area contributed by atoms with Crippen LogP contribution in [0, 0.1) is 0 Å². The molecule has 72 valence electrons. The monoisotopic (exact) mass is 178 g/mol. The quantitative estimate of drug-likeness (QED) is 0.380. The second kappa shape index (κ2) is 3.68. The number of aliphatic hydroxyl groups excluding tert-OH is 4. The summed E-state index contributed by atoms with van der Waals surface area (Å²) in [5.74, 6) is 0. The molecule has 12 heavy (non-hydrogen) atoms. The Morgan fingerprint density at radius 1 is 1.00 bits per heavy atom. The predicted molar refractivity (Wildman–Crippen MR) is 39.2 cm³/mol. The summed E-state index contributed by atoms with van der Waals surface area (Å²) in [5, 5.41) is 36.5. The van der Waals surface area contributed by atoms with Gasteiger partial charge in [-0.15, -0.1) is 0 Å². The first-order valence-electron chi connectivity index (χ1n) is 3.95. The lowest BCUT2D eigenvalue weighted by molar-refractivity contribution is -0.281. The van der Waals surface area contributed by atoms with Gasteiger partial charge in [-0.25, -0.2) is 0 Å². The third kappa shape index (κ3) is 1.60. The fourth-order valence-electron chi connectivity index (χ4n) is 1.27. The largest absolute Gasteiger partial charge is 0.388 e. The Kier molecular flexibility index (Phi) is 3.03. The van der Waals surface area contributed by atoms with Gasteiger partial charge in [-0.05, 0) is 6.42 Å². The van der Waals surface area contributed by atoms with Gasteiger partial charge in [-0.2, -0.15) is 0 Å². The van der Waals surface area contributed by atoms with Crippen molar-refractivity contribution in [3.8, 4) is 0 Å². The van der Waals surface area contributed by atoms with Gasteiger partial charge in [-0.1, -0.05) is 6.92 Å². The Hall–Kier alpha value is -0.200. The van der Waals surface area contributed by atoms with Crippen LogP contribution >= 0.6 is 0 Å². The summed E-state index contributed by atoms with van der Waals surface area (Å²) < 4.78 is 4.83. The summed E-state index contributed by atoms with van der Waals surface area (Å²) in [6.45, 7) is 1.75. The van der Waals surface area contributed by atoms with Crippen LogP contribution in [0.1, 0.15) is 13.3 Å². The fourth-order valence-corrected chi connectivity index (χ4v) is 1.27. The van der Waals surface area contributed by atoms with Crippen LogP contribution in [0.5, 0.6) is 0 Å². The van der Waals surface area contributed by atoms with E-state index in [-0.39, 0.29) is 0 Å². The van der Waals surface area contributed by atoms with Crippen molar-refractivity contribution in [1.82, 2.24) is 0 Å². The van der Waals surface area contributed by atoms with E-state index in [2.05, 4.69) is 0 Å². The summed E-state index contributed by atoms with van der Waals surface area (Å²) in [4.78, 5) is 0. The van der Waals surface area contributed by atoms with Crippen LogP contribution in [0.25, 0.3) is 0 Å². The Labute approximate surface area is 70.2 Å². The van der Waals surface area contributed by atoms with Crippen molar-refractivity contribution in [2.24, 2.45) is 0 Å². The van der Waals surface area contributed by atoms with Gasteiger partial charge in [0.05, 0.1) is 6.10 Å². The first-order chi connectivity index (χ1) is 5.57. The minimum atomic E-state index is -1.43. The molecule has 1 rings (SSSR count). The topological polar surface area (TPSA) is 90.2 Å². The molecule has 0 saturated carbocycles. The maximum Gasteiger partial charge on any atom is 0.183 e. The van der Waals surface area contributed by atoms with Gasteiger partial charge in [0.15, 0.2) is 6.29 Å². The van der Waals surface area contributed by atoms with Crippen LogP contribution < -0.4 is 0 Å². The minimum Gasteiger partial charge on any atom is -0.388 e. The number of hydrogen-bond donors (Lipinski definition) is 4. The molecule has 0 amide bonds. The summed E-state index contributed by atoms with van der Waals surface area (Å²) in [6.07, 6.45) is -5.44. The van der Waals surface area contributed by atoms with E-state index in [0.717, 1.165) is 0 Å². The van der Waals surface area contributed by atoms with E-state index >= 15 is 0 Å². The second-order valence-electron chi connectivity index (χ2n) is 2.95. The molecule has 3 unspecified atom stereocenters. The zero-order valence-corrected chi connectivity index (χ0v) is 6.79. The van der Waals surface area contributed by atoms with Crippen LogP contribution in [0.3, 0.4) is 0 Å². The highest BCUT2D eigenvalue weighted by Crippen LogP contribution is 2.21. The van der Waals surface area contributed by atoms with E-state index in [0.29, 0.717) is 6.42 Å². The van der Waals surface area contributed by atoms with Crippen molar-refractivity contribution < 1.29 is 25.2 Å². The van der Waals surface area contributed by atoms with Crippen molar-refractivity contribution in [3.05, 3.63) is 0 Å². The smallest absolute Gasteiger partial charge is 0.183 e. The van der Waals surface area contributed by atoms with Crippen molar-refractivity contribution in [1.29, 1.82) is 0 Å². The minimum absolute atomic E-state index is 0.474. The highest BCUT2D eigenvalue weighted by molar-refractivity contribution is 4.87. The predicted octanol–water partition coefficient (Wildman–Crippen LogP) is -1.80. The molecule has 0 aromatic carbocycles. The molecule has 4 N–H and O–H groups in total. The lowest BCUT2D eigenvalue weighted by Crippen LogP contribution is -2.57. The zero-order chi connectivity index (χ0) is 9.30. The second-order valence-corrected chi connectivity index (χ2v) is 2.95. The van der Waals surface area contributed by atoms with Gasteiger partial charge in [0.1, 0.15) is 18.3 Å². The van der Waals surface area contributed by atoms with Gasteiger partial charge in [0.2, 0.25) is 0 Å². The normalized spacial score (nSPS) is 49.2. The van der Waals surface area contributed by atoms with Gasteiger partial charge in [-0.3, -0.25) is 0 Å². The van der Waals surface area contributed by atoms with Crippen molar-refractivity contribution in [2.75, 3.05) is 0 Å². The molecule has 5 heteroatoms. The number of ether oxygens (including phenoxy) is 1. The molecule has 0 aromatic heterocycles. The fraction of sp³-hybridized carbons (Fsp3) is 1.00. The van der Waals surface area contributed by atoms with Crippen LogP contribution in [0.2, 0.25) is 0 Å². The molecule has 1 aliphatic heterocycles. The van der Waals surface area contributed by atoms with Gasteiger partial charge >= 0.3 is 0 Å². The molecule has 5 nitrogen and oxygen atoms in total. The molecule has 0 aliphatic carbocycles. The molecule has 0 bridgehead atoms. The molecular formula is C7H14O5. The molecule has 0 spiro atoms. The Morgan fingerprint density at radius 3 is 2.08 bits per heavy atom. The number of hydrogen-bond acceptors (Lipinski definition) is 5. The summed E-state index contributed by atoms with van der Waals surface area (Å²) in [7, 11) is 0. The molecular weight excluding hydrogens is 164 g/mol. The molecule has 1 aliphatic rings. The third-order valence-electron chi connectivity index (χ3n) is 2.09. The lowest BCUT2D eigenvalue weighted by atomic mass is 9.97. The van der Waals surface area contributed by atoms with E-state index in [1.54, 1.807) is 6.92 Å². The average Bonchev–Trinajstić information content (AvgIpc) is 2.08. The Morgan fingerprint density at radius 2 is 1.58 bits per heavy atom. The Balaban J connectivity index is 2.63. The molecule has 0 radical (unpaired) electrons. The highest BCUT2D eigenvalue weighted by atomic mass is 16.6. The van der Waals surface area contributed by atoms with Crippen LogP contribution in [-0.2, 0) is 4.74 Å². The SMILES string of the molecule is CCC1O[C@H](O)C(O)C(O)[C@@H]1O. The van der Waals surface area contributed by atoms with E-state index in [4.69, 9.17) is 14.9 Å². The maximum absolute atomic E-state index is 9.28. The van der Waals surface area contributed by atoms with Crippen LogP contribution in [0.15, 0.2) is 0 Å². The summed E-state index contributed by atoms with van der Waals surface area (Å²) >= 11 is 0. The molecule has 1 heterocycles. The van der Waals surface area contributed by atoms with Crippen LogP contribution in [0.4, 0.5) is 0 Å². The van der Waals surface area contributed by atoms with E-state index in [9.17, 15) is 10.2 Å². The number of aliphatic hydroxyl groups is 4. The van der Waals surface area contributed by atoms with Gasteiger partial charge in [0, 0.05) is 0 Å². The highest BCUT2D eigenvalue weighted by Gasteiger charge is 2.41. The van der Waals surface area contributed by atoms with Crippen molar-refractivity contribution in [2.45, 2.75) is 44.1 Å². The maximum atomic E-state index is 9.28. The molecule has 5 atom stereocenters. The van der Waals surface area contributed by atoms with Gasteiger partial charge in [0.25, 0.3) is 0 Å². The standard InChI is InChI=1S/C7H14O5/c1-2-3-4(8)5(9)6(10)7(11)12-3/h3-11H,2H2,1H3/t3?,4-,5?,6?,7+/m1/s1. The summed E-state index contributed by atoms with van der Waals surface area (Å²) in [6, 6.07) is 0. The zero-order valence-electron chi connectivity index (χ0n) is 6.79. The number of rotatable bonds is 1. The third-order valence-corrected chi connectivity index (χ3v) is 2.09. The average molecular weight is 178 g/mol. The first kappa shape index (κ1) is 9.88. The Bertz CT molecular complexity index is 146. The van der Waals surface area contributed by atoms with Gasteiger partial charge < -0.3 is 25.2 Å².